The van der Waals surface area contributed by atoms with Crippen LogP contribution in [0.2, 0.25) is 0 Å². The Balaban J connectivity index is 1.55. The zero-order chi connectivity index (χ0) is 18.5. The van der Waals surface area contributed by atoms with Crippen molar-refractivity contribution >= 4 is 17.8 Å². The Morgan fingerprint density at radius 2 is 1.77 bits per heavy atom. The summed E-state index contributed by atoms with van der Waals surface area (Å²) in [5, 5.41) is 10.0. The van der Waals surface area contributed by atoms with E-state index in [4.69, 9.17) is 0 Å². The summed E-state index contributed by atoms with van der Waals surface area (Å²) in [5.41, 5.74) is 0.855. The number of nitrogens with zero attached hydrogens (tertiary/aromatic N) is 4. The number of amides is 1. The van der Waals surface area contributed by atoms with E-state index in [2.05, 4.69) is 9.97 Å². The SMILES string of the molecule is Cc1cc(C)nc(N2C[C@H]3CN(C(=O)C4CCCC4)C[C@@]3(C(=O)O)C2)n1. The summed E-state index contributed by atoms with van der Waals surface area (Å²) in [6.07, 6.45) is 4.11. The van der Waals surface area contributed by atoms with E-state index in [1.165, 1.54) is 0 Å². The van der Waals surface area contributed by atoms with Crippen LogP contribution in [-0.2, 0) is 9.59 Å². The highest BCUT2D eigenvalue weighted by molar-refractivity contribution is 5.83. The van der Waals surface area contributed by atoms with Gasteiger partial charge in [0.2, 0.25) is 11.9 Å². The number of hydrogen-bond acceptors (Lipinski definition) is 5. The second-order valence-corrected chi connectivity index (χ2v) is 8.19. The molecule has 0 aromatic carbocycles. The van der Waals surface area contributed by atoms with Crippen LogP contribution in [0.15, 0.2) is 6.07 Å². The first-order chi connectivity index (χ1) is 12.4. The minimum Gasteiger partial charge on any atom is -0.481 e. The van der Waals surface area contributed by atoms with Crippen molar-refractivity contribution in [3.63, 3.8) is 0 Å². The Morgan fingerprint density at radius 1 is 1.12 bits per heavy atom. The van der Waals surface area contributed by atoms with Gasteiger partial charge in [-0.3, -0.25) is 9.59 Å². The van der Waals surface area contributed by atoms with Crippen molar-refractivity contribution in [3.05, 3.63) is 17.5 Å². The third-order valence-electron chi connectivity index (χ3n) is 6.30. The maximum absolute atomic E-state index is 12.8. The minimum absolute atomic E-state index is 0.0743. The molecule has 1 aromatic rings. The summed E-state index contributed by atoms with van der Waals surface area (Å²) in [6.45, 7) is 5.63. The van der Waals surface area contributed by atoms with Crippen LogP contribution in [0.1, 0.15) is 37.1 Å². The predicted octanol–water partition coefficient (Wildman–Crippen LogP) is 1.63. The van der Waals surface area contributed by atoms with E-state index in [9.17, 15) is 14.7 Å². The second kappa shape index (κ2) is 6.21. The zero-order valence-corrected chi connectivity index (χ0v) is 15.4. The van der Waals surface area contributed by atoms with Gasteiger partial charge in [-0.25, -0.2) is 9.97 Å². The topological polar surface area (TPSA) is 86.6 Å². The van der Waals surface area contributed by atoms with Gasteiger partial charge in [-0.15, -0.1) is 0 Å². The number of carbonyl (C=O) groups excluding carboxylic acids is 1. The maximum atomic E-state index is 12.8. The molecule has 4 rings (SSSR count). The van der Waals surface area contributed by atoms with Gasteiger partial charge in [-0.05, 0) is 32.8 Å². The third kappa shape index (κ3) is 2.73. The van der Waals surface area contributed by atoms with E-state index < -0.39 is 11.4 Å². The van der Waals surface area contributed by atoms with Gasteiger partial charge in [0.25, 0.3) is 0 Å². The Labute approximate surface area is 153 Å². The van der Waals surface area contributed by atoms with Crippen LogP contribution in [0.25, 0.3) is 0 Å². The molecule has 1 aromatic heterocycles. The summed E-state index contributed by atoms with van der Waals surface area (Å²) in [7, 11) is 0. The van der Waals surface area contributed by atoms with Gasteiger partial charge in [-0.1, -0.05) is 12.8 Å². The highest BCUT2D eigenvalue weighted by Gasteiger charge is 2.59. The van der Waals surface area contributed by atoms with Gasteiger partial charge in [-0.2, -0.15) is 0 Å². The molecule has 7 nitrogen and oxygen atoms in total. The fourth-order valence-electron chi connectivity index (χ4n) is 4.97. The number of likely N-dealkylation sites (tertiary alicyclic amines) is 1. The maximum Gasteiger partial charge on any atom is 0.313 e. The van der Waals surface area contributed by atoms with E-state index in [1.807, 2.05) is 29.7 Å². The number of anilines is 1. The van der Waals surface area contributed by atoms with Gasteiger partial charge < -0.3 is 14.9 Å². The quantitative estimate of drug-likeness (QED) is 0.884. The van der Waals surface area contributed by atoms with Crippen molar-refractivity contribution in [3.8, 4) is 0 Å². The molecule has 2 saturated heterocycles. The van der Waals surface area contributed by atoms with E-state index in [1.54, 1.807) is 0 Å². The Bertz CT molecular complexity index is 726. The number of aromatic nitrogens is 2. The molecule has 3 aliphatic rings. The van der Waals surface area contributed by atoms with E-state index in [-0.39, 0.29) is 17.7 Å². The van der Waals surface area contributed by atoms with Crippen molar-refractivity contribution in [1.29, 1.82) is 0 Å². The van der Waals surface area contributed by atoms with Gasteiger partial charge in [0.1, 0.15) is 5.41 Å². The van der Waals surface area contributed by atoms with E-state index in [0.717, 1.165) is 37.1 Å². The number of hydrogen-bond donors (Lipinski definition) is 1. The van der Waals surface area contributed by atoms with E-state index >= 15 is 0 Å². The number of aryl methyl sites for hydroxylation is 2. The van der Waals surface area contributed by atoms with Crippen LogP contribution in [0.5, 0.6) is 0 Å². The van der Waals surface area contributed by atoms with Crippen LogP contribution in [-0.4, -0.2) is 58.0 Å². The molecule has 7 heteroatoms. The zero-order valence-electron chi connectivity index (χ0n) is 15.4. The molecule has 0 bridgehead atoms. The third-order valence-corrected chi connectivity index (χ3v) is 6.30. The lowest BCUT2D eigenvalue weighted by atomic mass is 9.81. The van der Waals surface area contributed by atoms with Crippen molar-refractivity contribution in [2.24, 2.45) is 17.3 Å². The highest BCUT2D eigenvalue weighted by atomic mass is 16.4. The molecule has 3 fully saturated rings. The molecule has 0 radical (unpaired) electrons. The number of rotatable bonds is 3. The molecule has 2 aliphatic heterocycles. The van der Waals surface area contributed by atoms with Gasteiger partial charge in [0.15, 0.2) is 0 Å². The Hall–Kier alpha value is -2.18. The van der Waals surface area contributed by atoms with Gasteiger partial charge >= 0.3 is 5.97 Å². The fraction of sp³-hybridized carbons (Fsp3) is 0.684. The van der Waals surface area contributed by atoms with Crippen LogP contribution in [0.4, 0.5) is 5.95 Å². The van der Waals surface area contributed by atoms with Crippen molar-refractivity contribution < 1.29 is 14.7 Å². The summed E-state index contributed by atoms with van der Waals surface area (Å²) in [4.78, 5) is 37.8. The highest BCUT2D eigenvalue weighted by Crippen LogP contribution is 2.44. The van der Waals surface area contributed by atoms with Crippen molar-refractivity contribution in [2.75, 3.05) is 31.1 Å². The largest absolute Gasteiger partial charge is 0.481 e. The molecule has 1 N–H and O–H groups in total. The average molecular weight is 358 g/mol. The number of aliphatic carboxylic acids is 1. The molecule has 0 unspecified atom stereocenters. The molecule has 26 heavy (non-hydrogen) atoms. The number of carboxylic acid groups (broad SMARTS) is 1. The number of carbonyl (C=O) groups is 2. The monoisotopic (exact) mass is 358 g/mol. The summed E-state index contributed by atoms with van der Waals surface area (Å²) < 4.78 is 0. The first kappa shape index (κ1) is 17.2. The summed E-state index contributed by atoms with van der Waals surface area (Å²) in [5.74, 6) is -0.0256. The normalized spacial score (nSPS) is 28.6. The van der Waals surface area contributed by atoms with Crippen LogP contribution in [0, 0.1) is 31.1 Å². The average Bonchev–Trinajstić information content (AvgIpc) is 3.27. The van der Waals surface area contributed by atoms with Crippen LogP contribution < -0.4 is 4.90 Å². The molecular weight excluding hydrogens is 332 g/mol. The molecule has 1 amide bonds. The lowest BCUT2D eigenvalue weighted by Crippen LogP contribution is -2.43. The Morgan fingerprint density at radius 3 is 2.35 bits per heavy atom. The fourth-order valence-corrected chi connectivity index (χ4v) is 4.97. The molecule has 1 aliphatic carbocycles. The van der Waals surface area contributed by atoms with Gasteiger partial charge in [0.05, 0.1) is 0 Å². The summed E-state index contributed by atoms with van der Waals surface area (Å²) in [6, 6.07) is 1.91. The first-order valence-electron chi connectivity index (χ1n) is 9.48. The lowest BCUT2D eigenvalue weighted by molar-refractivity contribution is -0.148. The molecule has 2 atom stereocenters. The Kier molecular flexibility index (Phi) is 4.12. The minimum atomic E-state index is -0.907. The summed E-state index contributed by atoms with van der Waals surface area (Å²) >= 11 is 0. The van der Waals surface area contributed by atoms with Gasteiger partial charge in [0, 0.05) is 49.4 Å². The molecule has 1 saturated carbocycles. The van der Waals surface area contributed by atoms with E-state index in [0.29, 0.717) is 32.1 Å². The number of carboxylic acids is 1. The standard InChI is InChI=1S/C19H26N4O3/c1-12-7-13(2)21-18(20-12)23-9-15-8-22(10-19(15,11-23)17(25)26)16(24)14-5-3-4-6-14/h7,14-15H,3-6,8-11H2,1-2H3,(H,25,26)/t15-,19-/m1/s1. The smallest absolute Gasteiger partial charge is 0.313 e. The molecule has 140 valence electrons. The molecular formula is C19H26N4O3. The van der Waals surface area contributed by atoms with Crippen molar-refractivity contribution in [2.45, 2.75) is 39.5 Å². The second-order valence-electron chi connectivity index (χ2n) is 8.19. The van der Waals surface area contributed by atoms with Crippen LogP contribution in [0.3, 0.4) is 0 Å². The molecule has 0 spiro atoms. The molecule has 3 heterocycles. The predicted molar refractivity (Wildman–Crippen MR) is 95.8 cm³/mol. The van der Waals surface area contributed by atoms with Crippen molar-refractivity contribution in [1.82, 2.24) is 14.9 Å². The van der Waals surface area contributed by atoms with Crippen LogP contribution >= 0.6 is 0 Å². The first-order valence-corrected chi connectivity index (χ1v) is 9.48. The number of fused-ring (bicyclic) bond motifs is 1. The lowest BCUT2D eigenvalue weighted by Gasteiger charge is -2.27.